The Labute approximate surface area is 149 Å². The Bertz CT molecular complexity index is 1000. The fourth-order valence-electron chi connectivity index (χ4n) is 2.64. The number of anilines is 2. The number of aromatic nitrogens is 3. The summed E-state index contributed by atoms with van der Waals surface area (Å²) in [5.74, 6) is 0.171. The molecule has 4 aromatic rings. The lowest BCUT2D eigenvalue weighted by Gasteiger charge is -2.05. The maximum atomic E-state index is 12.5. The number of hydrogen-bond acceptors (Lipinski definition) is 3. The summed E-state index contributed by atoms with van der Waals surface area (Å²) in [6.45, 7) is 0. The zero-order valence-electron chi connectivity index (χ0n) is 13.1. The molecule has 0 unspecified atom stereocenters. The van der Waals surface area contributed by atoms with Crippen molar-refractivity contribution in [3.8, 4) is 11.3 Å². The monoisotopic (exact) mass is 353 g/mol. The molecule has 0 saturated heterocycles. The van der Waals surface area contributed by atoms with Gasteiger partial charge < -0.3 is 21.0 Å². The number of halogens is 1. The van der Waals surface area contributed by atoms with E-state index in [1.165, 1.54) is 0 Å². The summed E-state index contributed by atoms with van der Waals surface area (Å²) in [6.07, 6.45) is 1.66. The van der Waals surface area contributed by atoms with Crippen molar-refractivity contribution in [2.75, 3.05) is 11.1 Å². The van der Waals surface area contributed by atoms with Gasteiger partial charge in [-0.25, -0.2) is 4.98 Å². The molecule has 0 radical (unpaired) electrons. The number of amides is 1. The quantitative estimate of drug-likeness (QED) is 0.450. The average Bonchev–Trinajstić information content (AvgIpc) is 3.21. The van der Waals surface area contributed by atoms with Crippen molar-refractivity contribution in [2.24, 2.45) is 0 Å². The van der Waals surface area contributed by atoms with Crippen molar-refractivity contribution in [2.45, 2.75) is 0 Å². The van der Waals surface area contributed by atoms with Gasteiger partial charge in [-0.3, -0.25) is 4.79 Å². The summed E-state index contributed by atoms with van der Waals surface area (Å²) in [5.41, 5.74) is 9.46. The standard InChI is InChI=1S/C18H15N5O.ClH/c19-18-20-10-16(23-18)11-5-3-6-13(8-11)21-17(24)15-9-12-4-1-2-7-14(12)22-15;/h1-10,22H,(H,21,24)(H3,19,20,23);1H. The first kappa shape index (κ1) is 16.6. The third-order valence-corrected chi connectivity index (χ3v) is 3.80. The maximum Gasteiger partial charge on any atom is 0.272 e. The third kappa shape index (κ3) is 3.34. The average molecular weight is 354 g/mol. The number of aromatic amines is 2. The molecule has 0 aliphatic carbocycles. The Balaban J connectivity index is 0.00000182. The van der Waals surface area contributed by atoms with Crippen LogP contribution in [0, 0.1) is 0 Å². The molecule has 0 bridgehead atoms. The zero-order valence-corrected chi connectivity index (χ0v) is 13.9. The third-order valence-electron chi connectivity index (χ3n) is 3.80. The predicted molar refractivity (Wildman–Crippen MR) is 102 cm³/mol. The van der Waals surface area contributed by atoms with Crippen LogP contribution in [0.3, 0.4) is 0 Å². The number of hydrogen-bond donors (Lipinski definition) is 4. The van der Waals surface area contributed by atoms with Crippen LogP contribution in [0.5, 0.6) is 0 Å². The van der Waals surface area contributed by atoms with Gasteiger partial charge in [0.1, 0.15) is 5.69 Å². The van der Waals surface area contributed by atoms with Crippen molar-refractivity contribution >= 4 is 40.9 Å². The highest BCUT2D eigenvalue weighted by Crippen LogP contribution is 2.22. The molecule has 25 heavy (non-hydrogen) atoms. The SMILES string of the molecule is Cl.Nc1ncc(-c2cccc(NC(=O)c3cc4ccccc4[nH]3)c2)[nH]1. The highest BCUT2D eigenvalue weighted by atomic mass is 35.5. The molecule has 4 rings (SSSR count). The number of para-hydroxylation sites is 1. The molecule has 6 nitrogen and oxygen atoms in total. The number of imidazole rings is 1. The summed E-state index contributed by atoms with van der Waals surface area (Å²) in [7, 11) is 0. The van der Waals surface area contributed by atoms with E-state index in [0.29, 0.717) is 17.3 Å². The second-order valence-corrected chi connectivity index (χ2v) is 5.49. The van der Waals surface area contributed by atoms with Crippen LogP contribution in [0.1, 0.15) is 10.5 Å². The van der Waals surface area contributed by atoms with Crippen molar-refractivity contribution in [3.63, 3.8) is 0 Å². The molecule has 2 heterocycles. The molecule has 0 atom stereocenters. The summed E-state index contributed by atoms with van der Waals surface area (Å²) < 4.78 is 0. The lowest BCUT2D eigenvalue weighted by atomic mass is 10.1. The Morgan fingerprint density at radius 1 is 1.04 bits per heavy atom. The van der Waals surface area contributed by atoms with Crippen LogP contribution < -0.4 is 11.1 Å². The first-order chi connectivity index (χ1) is 11.7. The Morgan fingerprint density at radius 3 is 2.64 bits per heavy atom. The van der Waals surface area contributed by atoms with Crippen molar-refractivity contribution < 1.29 is 4.79 Å². The van der Waals surface area contributed by atoms with Gasteiger partial charge in [-0.15, -0.1) is 12.4 Å². The number of fused-ring (bicyclic) bond motifs is 1. The largest absolute Gasteiger partial charge is 0.369 e. The van der Waals surface area contributed by atoms with Crippen LogP contribution in [-0.4, -0.2) is 20.9 Å². The van der Waals surface area contributed by atoms with Crippen molar-refractivity contribution in [3.05, 3.63) is 66.5 Å². The van der Waals surface area contributed by atoms with Gasteiger partial charge in [-0.1, -0.05) is 30.3 Å². The fourth-order valence-corrected chi connectivity index (χ4v) is 2.64. The lowest BCUT2D eigenvalue weighted by Crippen LogP contribution is -2.12. The van der Waals surface area contributed by atoms with E-state index in [9.17, 15) is 4.79 Å². The summed E-state index contributed by atoms with van der Waals surface area (Å²) in [5, 5.41) is 3.90. The van der Waals surface area contributed by atoms with E-state index in [1.807, 2.05) is 54.6 Å². The van der Waals surface area contributed by atoms with Gasteiger partial charge in [-0.05, 0) is 24.3 Å². The van der Waals surface area contributed by atoms with Gasteiger partial charge in [0.2, 0.25) is 0 Å². The minimum atomic E-state index is -0.188. The molecule has 0 spiro atoms. The molecular weight excluding hydrogens is 338 g/mol. The molecule has 5 N–H and O–H groups in total. The van der Waals surface area contributed by atoms with Crippen molar-refractivity contribution in [1.29, 1.82) is 0 Å². The summed E-state index contributed by atoms with van der Waals surface area (Å²) >= 11 is 0. The van der Waals surface area contributed by atoms with Crippen LogP contribution in [-0.2, 0) is 0 Å². The Kier molecular flexibility index (Phi) is 4.45. The Hall–Kier alpha value is -3.25. The molecular formula is C18H16ClN5O. The smallest absolute Gasteiger partial charge is 0.272 e. The summed E-state index contributed by atoms with van der Waals surface area (Å²) in [6, 6.07) is 17.1. The van der Waals surface area contributed by atoms with E-state index in [2.05, 4.69) is 20.3 Å². The second-order valence-electron chi connectivity index (χ2n) is 5.49. The van der Waals surface area contributed by atoms with E-state index >= 15 is 0 Å². The number of rotatable bonds is 3. The molecule has 126 valence electrons. The number of nitrogens with zero attached hydrogens (tertiary/aromatic N) is 1. The summed E-state index contributed by atoms with van der Waals surface area (Å²) in [4.78, 5) is 22.5. The van der Waals surface area contributed by atoms with Crippen LogP contribution in [0.2, 0.25) is 0 Å². The minimum Gasteiger partial charge on any atom is -0.369 e. The number of nitrogens with two attached hydrogens (primary N) is 1. The zero-order chi connectivity index (χ0) is 16.5. The number of benzene rings is 2. The molecule has 1 amide bonds. The van der Waals surface area contributed by atoms with Crippen LogP contribution in [0.15, 0.2) is 60.8 Å². The number of H-pyrrole nitrogens is 2. The number of carbonyl (C=O) groups excluding carboxylic acids is 1. The maximum absolute atomic E-state index is 12.5. The molecule has 7 heteroatoms. The topological polar surface area (TPSA) is 99.6 Å². The van der Waals surface area contributed by atoms with E-state index in [0.717, 1.165) is 22.2 Å². The van der Waals surface area contributed by atoms with Gasteiger partial charge in [0.15, 0.2) is 5.95 Å². The second kappa shape index (κ2) is 6.70. The molecule has 0 saturated carbocycles. The highest BCUT2D eigenvalue weighted by Gasteiger charge is 2.10. The van der Waals surface area contributed by atoms with Gasteiger partial charge in [0.25, 0.3) is 5.91 Å². The number of nitrogens with one attached hydrogen (secondary N) is 3. The normalized spacial score (nSPS) is 10.4. The van der Waals surface area contributed by atoms with Gasteiger partial charge in [0.05, 0.1) is 11.9 Å². The van der Waals surface area contributed by atoms with Crippen LogP contribution in [0.4, 0.5) is 11.6 Å². The first-order valence-corrected chi connectivity index (χ1v) is 7.49. The van der Waals surface area contributed by atoms with E-state index in [4.69, 9.17) is 5.73 Å². The van der Waals surface area contributed by atoms with Gasteiger partial charge in [0, 0.05) is 22.2 Å². The highest BCUT2D eigenvalue weighted by molar-refractivity contribution is 6.06. The lowest BCUT2D eigenvalue weighted by molar-refractivity contribution is 0.102. The van der Waals surface area contributed by atoms with E-state index in [-0.39, 0.29) is 18.3 Å². The van der Waals surface area contributed by atoms with Crippen LogP contribution >= 0.6 is 12.4 Å². The minimum absolute atomic E-state index is 0. The first-order valence-electron chi connectivity index (χ1n) is 7.49. The van der Waals surface area contributed by atoms with E-state index in [1.54, 1.807) is 6.20 Å². The fraction of sp³-hybridized carbons (Fsp3) is 0. The number of carbonyl (C=O) groups is 1. The van der Waals surface area contributed by atoms with Gasteiger partial charge in [-0.2, -0.15) is 0 Å². The number of nitrogen functional groups attached to an aromatic ring is 1. The van der Waals surface area contributed by atoms with E-state index < -0.39 is 0 Å². The Morgan fingerprint density at radius 2 is 1.88 bits per heavy atom. The van der Waals surface area contributed by atoms with Crippen LogP contribution in [0.25, 0.3) is 22.2 Å². The molecule has 2 aromatic carbocycles. The molecule has 0 aliphatic rings. The van der Waals surface area contributed by atoms with Crippen molar-refractivity contribution in [1.82, 2.24) is 15.0 Å². The molecule has 0 aliphatic heterocycles. The predicted octanol–water partition coefficient (Wildman–Crippen LogP) is 3.81. The molecule has 0 fully saturated rings. The molecule has 2 aromatic heterocycles. The van der Waals surface area contributed by atoms with Gasteiger partial charge >= 0.3 is 0 Å².